The Morgan fingerprint density at radius 2 is 2.00 bits per heavy atom. The predicted octanol–water partition coefficient (Wildman–Crippen LogP) is 1.69. The van der Waals surface area contributed by atoms with E-state index in [0.29, 0.717) is 18.4 Å². The summed E-state index contributed by atoms with van der Waals surface area (Å²) in [5.41, 5.74) is 0.321. The average molecular weight is 252 g/mol. The van der Waals surface area contributed by atoms with E-state index in [1.54, 1.807) is 0 Å². The second-order valence-electron chi connectivity index (χ2n) is 6.04. The number of rotatable bonds is 5. The van der Waals surface area contributed by atoms with Gasteiger partial charge in [0.25, 0.3) is 0 Å². The van der Waals surface area contributed by atoms with Gasteiger partial charge in [-0.3, -0.25) is 14.5 Å². The zero-order valence-corrected chi connectivity index (χ0v) is 11.5. The smallest absolute Gasteiger partial charge is 0.246 e. The van der Waals surface area contributed by atoms with Crippen LogP contribution in [0.1, 0.15) is 52.4 Å². The molecule has 2 fully saturated rings. The first-order valence-electron chi connectivity index (χ1n) is 7.13. The molecule has 1 saturated carbocycles. The number of amides is 2. The molecule has 1 heterocycles. The molecule has 18 heavy (non-hydrogen) atoms. The monoisotopic (exact) mass is 252 g/mol. The molecule has 2 amide bonds. The zero-order chi connectivity index (χ0) is 13.2. The van der Waals surface area contributed by atoms with Crippen LogP contribution in [0.3, 0.4) is 0 Å². The standard InChI is InChI=1S/C14H24N2O2/c1-3-8-16-12(17)9-11(13(16)18)15-10-14(2)6-4-5-7-14/h11,15H,3-10H2,1-2H3. The van der Waals surface area contributed by atoms with E-state index in [1.165, 1.54) is 30.6 Å². The predicted molar refractivity (Wildman–Crippen MR) is 70.0 cm³/mol. The van der Waals surface area contributed by atoms with Gasteiger partial charge in [0.15, 0.2) is 0 Å². The lowest BCUT2D eigenvalue weighted by molar-refractivity contribution is -0.138. The highest BCUT2D eigenvalue weighted by atomic mass is 16.2. The van der Waals surface area contributed by atoms with E-state index in [4.69, 9.17) is 0 Å². The maximum atomic E-state index is 12.1. The van der Waals surface area contributed by atoms with E-state index in [9.17, 15) is 9.59 Å². The SMILES string of the molecule is CCCN1C(=O)CC(NCC2(C)CCCC2)C1=O. The van der Waals surface area contributed by atoms with Crippen LogP contribution in [0.5, 0.6) is 0 Å². The molecule has 0 aromatic carbocycles. The minimum Gasteiger partial charge on any atom is -0.305 e. The molecule has 0 spiro atoms. The third kappa shape index (κ3) is 2.74. The molecule has 4 nitrogen and oxygen atoms in total. The van der Waals surface area contributed by atoms with Gasteiger partial charge in [-0.1, -0.05) is 26.7 Å². The third-order valence-electron chi connectivity index (χ3n) is 4.28. The maximum absolute atomic E-state index is 12.1. The number of carbonyl (C=O) groups is 2. The molecule has 1 aliphatic carbocycles. The maximum Gasteiger partial charge on any atom is 0.246 e. The highest BCUT2D eigenvalue weighted by Crippen LogP contribution is 2.36. The summed E-state index contributed by atoms with van der Waals surface area (Å²) in [6.07, 6.45) is 6.22. The van der Waals surface area contributed by atoms with Crippen molar-refractivity contribution in [3.05, 3.63) is 0 Å². The number of carbonyl (C=O) groups excluding carboxylic acids is 2. The summed E-state index contributed by atoms with van der Waals surface area (Å²) >= 11 is 0. The van der Waals surface area contributed by atoms with E-state index < -0.39 is 0 Å². The minimum atomic E-state index is -0.276. The molecule has 0 radical (unpaired) electrons. The Balaban J connectivity index is 1.87. The Morgan fingerprint density at radius 1 is 1.33 bits per heavy atom. The van der Waals surface area contributed by atoms with Crippen molar-refractivity contribution in [2.45, 2.75) is 58.4 Å². The van der Waals surface area contributed by atoms with Crippen LogP contribution in [0.2, 0.25) is 0 Å². The van der Waals surface area contributed by atoms with Crippen LogP contribution in [0.25, 0.3) is 0 Å². The van der Waals surface area contributed by atoms with Crippen molar-refractivity contribution in [1.82, 2.24) is 10.2 Å². The van der Waals surface area contributed by atoms with Crippen molar-refractivity contribution >= 4 is 11.8 Å². The van der Waals surface area contributed by atoms with Crippen LogP contribution >= 0.6 is 0 Å². The summed E-state index contributed by atoms with van der Waals surface area (Å²) in [6.45, 7) is 5.68. The number of nitrogens with one attached hydrogen (secondary N) is 1. The van der Waals surface area contributed by atoms with Crippen LogP contribution in [-0.4, -0.2) is 35.8 Å². The lowest BCUT2D eigenvalue weighted by Crippen LogP contribution is -2.42. The van der Waals surface area contributed by atoms with Crippen LogP contribution < -0.4 is 5.32 Å². The number of nitrogens with zero attached hydrogens (tertiary/aromatic N) is 1. The van der Waals surface area contributed by atoms with Crippen molar-refractivity contribution in [3.8, 4) is 0 Å². The first-order valence-corrected chi connectivity index (χ1v) is 7.13. The van der Waals surface area contributed by atoms with E-state index in [0.717, 1.165) is 13.0 Å². The second-order valence-corrected chi connectivity index (χ2v) is 6.04. The molecule has 102 valence electrons. The van der Waals surface area contributed by atoms with Gasteiger partial charge in [-0.05, 0) is 24.7 Å². The van der Waals surface area contributed by atoms with Gasteiger partial charge in [0.1, 0.15) is 0 Å². The summed E-state index contributed by atoms with van der Waals surface area (Å²) in [4.78, 5) is 25.2. The fourth-order valence-corrected chi connectivity index (χ4v) is 3.08. The largest absolute Gasteiger partial charge is 0.305 e. The molecular formula is C14H24N2O2. The molecule has 1 aliphatic heterocycles. The van der Waals surface area contributed by atoms with Crippen molar-refractivity contribution < 1.29 is 9.59 Å². The van der Waals surface area contributed by atoms with Crippen molar-refractivity contribution in [1.29, 1.82) is 0 Å². The summed E-state index contributed by atoms with van der Waals surface area (Å²) in [5.74, 6) is -0.0422. The van der Waals surface area contributed by atoms with Gasteiger partial charge in [0.05, 0.1) is 12.5 Å². The molecule has 0 bridgehead atoms. The fourth-order valence-electron chi connectivity index (χ4n) is 3.08. The molecule has 0 aromatic heterocycles. The summed E-state index contributed by atoms with van der Waals surface area (Å²) < 4.78 is 0. The van der Waals surface area contributed by atoms with Crippen molar-refractivity contribution in [2.24, 2.45) is 5.41 Å². The normalized spacial score (nSPS) is 27.2. The van der Waals surface area contributed by atoms with Gasteiger partial charge >= 0.3 is 0 Å². The van der Waals surface area contributed by atoms with Crippen LogP contribution in [0.15, 0.2) is 0 Å². The number of hydrogen-bond acceptors (Lipinski definition) is 3. The van der Waals surface area contributed by atoms with Gasteiger partial charge in [-0.2, -0.15) is 0 Å². The summed E-state index contributed by atoms with van der Waals surface area (Å²) in [5, 5.41) is 3.32. The molecule has 2 aliphatic rings. The highest BCUT2D eigenvalue weighted by Gasteiger charge is 2.39. The second kappa shape index (κ2) is 5.39. The number of imide groups is 1. The lowest BCUT2D eigenvalue weighted by Gasteiger charge is -2.25. The van der Waals surface area contributed by atoms with Crippen LogP contribution in [-0.2, 0) is 9.59 Å². The molecule has 1 unspecified atom stereocenters. The highest BCUT2D eigenvalue weighted by molar-refractivity contribution is 6.05. The zero-order valence-electron chi connectivity index (χ0n) is 11.5. The number of likely N-dealkylation sites (tertiary alicyclic amines) is 1. The van der Waals surface area contributed by atoms with Gasteiger partial charge in [-0.15, -0.1) is 0 Å². The lowest BCUT2D eigenvalue weighted by atomic mass is 9.88. The van der Waals surface area contributed by atoms with E-state index in [2.05, 4.69) is 12.2 Å². The molecule has 1 atom stereocenters. The molecule has 4 heteroatoms. The topological polar surface area (TPSA) is 49.4 Å². The van der Waals surface area contributed by atoms with Gasteiger partial charge < -0.3 is 5.32 Å². The Hall–Kier alpha value is -0.900. The first kappa shape index (κ1) is 13.5. The Kier molecular flexibility index (Phi) is 4.05. The van der Waals surface area contributed by atoms with Crippen molar-refractivity contribution in [3.63, 3.8) is 0 Å². The summed E-state index contributed by atoms with van der Waals surface area (Å²) in [7, 11) is 0. The first-order chi connectivity index (χ1) is 8.56. The van der Waals surface area contributed by atoms with Crippen LogP contribution in [0.4, 0.5) is 0 Å². The van der Waals surface area contributed by atoms with Crippen LogP contribution in [0, 0.1) is 5.41 Å². The van der Waals surface area contributed by atoms with E-state index in [-0.39, 0.29) is 17.9 Å². The molecule has 1 saturated heterocycles. The fraction of sp³-hybridized carbons (Fsp3) is 0.857. The Bertz CT molecular complexity index is 335. The average Bonchev–Trinajstić information content (AvgIpc) is 2.87. The number of hydrogen-bond donors (Lipinski definition) is 1. The Labute approximate surface area is 109 Å². The summed E-state index contributed by atoms with van der Waals surface area (Å²) in [6, 6.07) is -0.276. The molecule has 1 N–H and O–H groups in total. The van der Waals surface area contributed by atoms with E-state index >= 15 is 0 Å². The van der Waals surface area contributed by atoms with Crippen molar-refractivity contribution in [2.75, 3.05) is 13.1 Å². The molecular weight excluding hydrogens is 228 g/mol. The quantitative estimate of drug-likeness (QED) is 0.758. The molecule has 0 aromatic rings. The Morgan fingerprint density at radius 3 is 2.61 bits per heavy atom. The molecule has 2 rings (SSSR count). The minimum absolute atomic E-state index is 0.0177. The van der Waals surface area contributed by atoms with E-state index in [1.807, 2.05) is 6.92 Å². The van der Waals surface area contributed by atoms with Gasteiger partial charge in [-0.25, -0.2) is 0 Å². The van der Waals surface area contributed by atoms with Gasteiger partial charge in [0.2, 0.25) is 11.8 Å². The van der Waals surface area contributed by atoms with Gasteiger partial charge in [0, 0.05) is 13.1 Å². The third-order valence-corrected chi connectivity index (χ3v) is 4.28.